The quantitative estimate of drug-likeness (QED) is 0.468. The van der Waals surface area contributed by atoms with Crippen molar-refractivity contribution in [2.24, 2.45) is 0 Å². The van der Waals surface area contributed by atoms with Gasteiger partial charge in [0.15, 0.2) is 6.61 Å². The second kappa shape index (κ2) is 8.33. The highest BCUT2D eigenvalue weighted by Gasteiger charge is 2.13. The van der Waals surface area contributed by atoms with Gasteiger partial charge in [0.05, 0.1) is 17.0 Å². The molecular formula is C21H16N2O3S2. The Labute approximate surface area is 169 Å². The van der Waals surface area contributed by atoms with E-state index in [0.29, 0.717) is 11.4 Å². The Morgan fingerprint density at radius 2 is 1.86 bits per heavy atom. The van der Waals surface area contributed by atoms with Crippen LogP contribution in [-0.2, 0) is 20.7 Å². The number of rotatable bonds is 6. The molecule has 2 aromatic carbocycles. The first kappa shape index (κ1) is 18.3. The Morgan fingerprint density at radius 3 is 2.71 bits per heavy atom. The van der Waals surface area contributed by atoms with Crippen molar-refractivity contribution in [2.75, 3.05) is 11.9 Å². The first-order chi connectivity index (χ1) is 13.7. The van der Waals surface area contributed by atoms with Crippen LogP contribution in [-0.4, -0.2) is 23.5 Å². The molecule has 0 spiro atoms. The van der Waals surface area contributed by atoms with Crippen molar-refractivity contribution in [1.29, 1.82) is 0 Å². The van der Waals surface area contributed by atoms with Crippen LogP contribution in [0.25, 0.3) is 20.7 Å². The molecule has 0 aliphatic heterocycles. The van der Waals surface area contributed by atoms with Gasteiger partial charge in [0.25, 0.3) is 5.91 Å². The summed E-state index contributed by atoms with van der Waals surface area (Å²) in [5.41, 5.74) is 1.34. The summed E-state index contributed by atoms with van der Waals surface area (Å²) < 4.78 is 5.11. The van der Waals surface area contributed by atoms with Crippen LogP contribution in [0, 0.1) is 0 Å². The van der Waals surface area contributed by atoms with Gasteiger partial charge in [-0.2, -0.15) is 0 Å². The fraction of sp³-hybridized carbons (Fsp3) is 0.0952. The molecule has 0 aliphatic rings. The van der Waals surface area contributed by atoms with E-state index in [4.69, 9.17) is 4.74 Å². The predicted octanol–water partition coefficient (Wildman–Crippen LogP) is 4.75. The molecule has 4 rings (SSSR count). The van der Waals surface area contributed by atoms with Gasteiger partial charge in [-0.25, -0.2) is 4.98 Å². The summed E-state index contributed by atoms with van der Waals surface area (Å²) in [6.07, 6.45) is 0.0451. The average Bonchev–Trinajstić information content (AvgIpc) is 3.38. The summed E-state index contributed by atoms with van der Waals surface area (Å²) in [5.74, 6) is -0.849. The fourth-order valence-electron chi connectivity index (χ4n) is 2.77. The number of nitrogens with zero attached hydrogens (tertiary/aromatic N) is 1. The lowest BCUT2D eigenvalue weighted by atomic mass is 10.1. The predicted molar refractivity (Wildman–Crippen MR) is 113 cm³/mol. The molecular weight excluding hydrogens is 392 g/mol. The Kier molecular flexibility index (Phi) is 5.45. The van der Waals surface area contributed by atoms with E-state index in [0.717, 1.165) is 20.7 Å². The van der Waals surface area contributed by atoms with Crippen LogP contribution < -0.4 is 5.32 Å². The van der Waals surface area contributed by atoms with Crippen LogP contribution in [0.1, 0.15) is 5.69 Å². The van der Waals surface area contributed by atoms with Crippen molar-refractivity contribution in [3.05, 3.63) is 71.1 Å². The van der Waals surface area contributed by atoms with Crippen molar-refractivity contribution in [1.82, 2.24) is 4.98 Å². The Morgan fingerprint density at radius 1 is 1.00 bits per heavy atom. The number of carbonyl (C=O) groups is 2. The Hall–Kier alpha value is -3.03. The highest BCUT2D eigenvalue weighted by atomic mass is 32.1. The summed E-state index contributed by atoms with van der Waals surface area (Å²) in [6.45, 7) is -0.329. The third-order valence-electron chi connectivity index (χ3n) is 4.04. The van der Waals surface area contributed by atoms with Gasteiger partial charge in [-0.15, -0.1) is 22.7 Å². The number of thiazole rings is 1. The maximum atomic E-state index is 12.2. The maximum Gasteiger partial charge on any atom is 0.312 e. The fourth-order valence-corrected chi connectivity index (χ4v) is 4.40. The van der Waals surface area contributed by atoms with Gasteiger partial charge in [0.2, 0.25) is 0 Å². The molecule has 7 heteroatoms. The maximum absolute atomic E-state index is 12.2. The molecule has 0 saturated heterocycles. The van der Waals surface area contributed by atoms with Gasteiger partial charge in [-0.05, 0) is 22.9 Å². The highest BCUT2D eigenvalue weighted by molar-refractivity contribution is 7.20. The number of nitrogens with one attached hydrogen (secondary N) is 1. The number of carbonyl (C=O) groups excluding carboxylic acids is 2. The van der Waals surface area contributed by atoms with Gasteiger partial charge in [-0.1, -0.05) is 42.5 Å². The first-order valence-corrected chi connectivity index (χ1v) is 10.4. The van der Waals surface area contributed by atoms with E-state index in [2.05, 4.69) is 10.3 Å². The molecule has 0 fully saturated rings. The third-order valence-corrected chi connectivity index (χ3v) is 5.97. The number of amides is 1. The van der Waals surface area contributed by atoms with E-state index in [1.54, 1.807) is 11.3 Å². The highest BCUT2D eigenvalue weighted by Crippen LogP contribution is 2.28. The second-order valence-electron chi connectivity index (χ2n) is 6.03. The largest absolute Gasteiger partial charge is 0.455 e. The van der Waals surface area contributed by atoms with Crippen molar-refractivity contribution in [3.8, 4) is 9.88 Å². The van der Waals surface area contributed by atoms with Crippen LogP contribution in [0.15, 0.2) is 65.4 Å². The number of fused-ring (bicyclic) bond motifs is 1. The van der Waals surface area contributed by atoms with Gasteiger partial charge in [-0.3, -0.25) is 9.59 Å². The van der Waals surface area contributed by atoms with E-state index in [1.807, 2.05) is 65.4 Å². The number of hydrogen-bond donors (Lipinski definition) is 1. The lowest BCUT2D eigenvalue weighted by molar-refractivity contribution is -0.146. The summed E-state index contributed by atoms with van der Waals surface area (Å²) >= 11 is 3.09. The number of anilines is 1. The molecule has 1 amide bonds. The summed E-state index contributed by atoms with van der Waals surface area (Å²) in [5, 5.41) is 9.47. The molecule has 4 aromatic rings. The van der Waals surface area contributed by atoms with Crippen LogP contribution in [0.3, 0.4) is 0 Å². The van der Waals surface area contributed by atoms with Crippen molar-refractivity contribution in [3.63, 3.8) is 0 Å². The first-order valence-electron chi connectivity index (χ1n) is 8.60. The summed E-state index contributed by atoms with van der Waals surface area (Å²) in [6, 6.07) is 17.4. The van der Waals surface area contributed by atoms with Crippen LogP contribution >= 0.6 is 22.7 Å². The molecule has 0 atom stereocenters. The number of hydrogen-bond acceptors (Lipinski definition) is 6. The van der Waals surface area contributed by atoms with Gasteiger partial charge < -0.3 is 10.1 Å². The van der Waals surface area contributed by atoms with Crippen molar-refractivity contribution >= 4 is 51.0 Å². The summed E-state index contributed by atoms with van der Waals surface area (Å²) in [7, 11) is 0. The molecule has 0 saturated carbocycles. The van der Waals surface area contributed by atoms with Gasteiger partial charge in [0.1, 0.15) is 5.01 Å². The van der Waals surface area contributed by atoms with E-state index in [9.17, 15) is 9.59 Å². The smallest absolute Gasteiger partial charge is 0.312 e. The number of aromatic nitrogens is 1. The second-order valence-corrected chi connectivity index (χ2v) is 7.84. The number of ether oxygens (including phenoxy) is 1. The number of benzene rings is 2. The zero-order valence-electron chi connectivity index (χ0n) is 14.8. The third kappa shape index (κ3) is 4.27. The zero-order valence-corrected chi connectivity index (χ0v) is 16.4. The lowest BCUT2D eigenvalue weighted by Gasteiger charge is -2.09. The van der Waals surface area contributed by atoms with Crippen LogP contribution in [0.2, 0.25) is 0 Å². The Bertz CT molecular complexity index is 1110. The molecule has 0 unspecified atom stereocenters. The molecule has 1 N–H and O–H groups in total. The lowest BCUT2D eigenvalue weighted by Crippen LogP contribution is -2.21. The van der Waals surface area contributed by atoms with Crippen LogP contribution in [0.5, 0.6) is 0 Å². The number of thiophene rings is 1. The molecule has 0 radical (unpaired) electrons. The normalized spacial score (nSPS) is 10.7. The molecule has 2 aromatic heterocycles. The Balaban J connectivity index is 1.31. The van der Waals surface area contributed by atoms with E-state index in [1.165, 1.54) is 11.3 Å². The summed E-state index contributed by atoms with van der Waals surface area (Å²) in [4.78, 5) is 29.7. The molecule has 0 bridgehead atoms. The molecule has 5 nitrogen and oxygen atoms in total. The van der Waals surface area contributed by atoms with Crippen molar-refractivity contribution in [2.45, 2.75) is 6.42 Å². The van der Waals surface area contributed by atoms with Gasteiger partial charge >= 0.3 is 5.97 Å². The molecule has 28 heavy (non-hydrogen) atoms. The number of esters is 1. The molecule has 140 valence electrons. The van der Waals surface area contributed by atoms with E-state index >= 15 is 0 Å². The van der Waals surface area contributed by atoms with E-state index in [-0.39, 0.29) is 18.9 Å². The van der Waals surface area contributed by atoms with Crippen LogP contribution in [0.4, 0.5) is 5.69 Å². The van der Waals surface area contributed by atoms with E-state index < -0.39 is 5.97 Å². The zero-order chi connectivity index (χ0) is 19.3. The minimum absolute atomic E-state index is 0.0451. The molecule has 2 heterocycles. The minimum atomic E-state index is -0.476. The van der Waals surface area contributed by atoms with Gasteiger partial charge in [0, 0.05) is 16.5 Å². The average molecular weight is 409 g/mol. The molecule has 0 aliphatic carbocycles. The van der Waals surface area contributed by atoms with Crippen molar-refractivity contribution < 1.29 is 14.3 Å². The minimum Gasteiger partial charge on any atom is -0.455 e. The standard InChI is InChI=1S/C21H16N2O3S2/c24-19(23-17-8-3-6-14-5-1-2-7-16(14)17)12-26-20(25)11-15-13-28-21(22-15)18-9-4-10-27-18/h1-10,13H,11-12H2,(H,23,24). The SMILES string of the molecule is O=C(COC(=O)Cc1csc(-c2cccs2)n1)Nc1cccc2ccccc12. The topological polar surface area (TPSA) is 68.3 Å². The monoisotopic (exact) mass is 408 g/mol.